The van der Waals surface area contributed by atoms with E-state index in [4.69, 9.17) is 9.72 Å². The number of aromatic nitrogens is 2. The van der Waals surface area contributed by atoms with Gasteiger partial charge < -0.3 is 10.1 Å². The van der Waals surface area contributed by atoms with Gasteiger partial charge in [-0.2, -0.15) is 5.26 Å². The van der Waals surface area contributed by atoms with Gasteiger partial charge in [0.2, 0.25) is 0 Å². The van der Waals surface area contributed by atoms with Crippen LogP contribution < -0.4 is 15.6 Å². The van der Waals surface area contributed by atoms with Crippen molar-refractivity contribution in [3.63, 3.8) is 0 Å². The molecule has 1 N–H and O–H groups in total. The van der Waals surface area contributed by atoms with E-state index in [0.29, 0.717) is 22.3 Å². The SMILES string of the molecule is COc1ccc(-n2c([C@@H]3CCCN3)nc3c(C)cc(C#N)cc3c2=O)cc1. The van der Waals surface area contributed by atoms with Crippen molar-refractivity contribution in [3.05, 3.63) is 63.7 Å². The third kappa shape index (κ3) is 2.96. The molecule has 136 valence electrons. The fourth-order valence-electron chi connectivity index (χ4n) is 3.66. The largest absolute Gasteiger partial charge is 0.497 e. The molecule has 0 unspecified atom stereocenters. The fourth-order valence-corrected chi connectivity index (χ4v) is 3.66. The molecule has 2 heterocycles. The van der Waals surface area contributed by atoms with Crippen LogP contribution in [0.2, 0.25) is 0 Å². The molecule has 1 aliphatic heterocycles. The average molecular weight is 360 g/mol. The zero-order chi connectivity index (χ0) is 19.0. The third-order valence-corrected chi connectivity index (χ3v) is 5.02. The van der Waals surface area contributed by atoms with Crippen LogP contribution in [-0.4, -0.2) is 23.2 Å². The molecule has 27 heavy (non-hydrogen) atoms. The molecule has 3 aromatic rings. The number of methoxy groups -OCH3 is 1. The van der Waals surface area contributed by atoms with Gasteiger partial charge >= 0.3 is 0 Å². The van der Waals surface area contributed by atoms with Crippen LogP contribution in [0.25, 0.3) is 16.6 Å². The lowest BCUT2D eigenvalue weighted by atomic mass is 10.1. The van der Waals surface area contributed by atoms with Crippen LogP contribution in [0.15, 0.2) is 41.2 Å². The molecule has 2 aromatic carbocycles. The zero-order valence-corrected chi connectivity index (χ0v) is 15.3. The lowest BCUT2D eigenvalue weighted by molar-refractivity contribution is 0.414. The molecule has 0 radical (unpaired) electrons. The zero-order valence-electron chi connectivity index (χ0n) is 15.3. The number of hydrogen-bond donors (Lipinski definition) is 1. The van der Waals surface area contributed by atoms with Crippen LogP contribution in [0, 0.1) is 18.3 Å². The second kappa shape index (κ2) is 6.86. The smallest absolute Gasteiger partial charge is 0.266 e. The van der Waals surface area contributed by atoms with E-state index in [0.717, 1.165) is 36.4 Å². The van der Waals surface area contributed by atoms with Crippen molar-refractivity contribution in [2.45, 2.75) is 25.8 Å². The number of nitrogens with zero attached hydrogens (tertiary/aromatic N) is 3. The summed E-state index contributed by atoms with van der Waals surface area (Å²) in [6.45, 7) is 2.80. The van der Waals surface area contributed by atoms with Gasteiger partial charge in [-0.1, -0.05) is 0 Å². The van der Waals surface area contributed by atoms with E-state index in [-0.39, 0.29) is 11.6 Å². The van der Waals surface area contributed by atoms with Gasteiger partial charge in [0.05, 0.1) is 41.4 Å². The molecule has 0 aliphatic carbocycles. The maximum Gasteiger partial charge on any atom is 0.266 e. The number of ether oxygens (including phenoxy) is 1. The van der Waals surface area contributed by atoms with Crippen LogP contribution in [-0.2, 0) is 0 Å². The van der Waals surface area contributed by atoms with E-state index in [1.807, 2.05) is 31.2 Å². The van der Waals surface area contributed by atoms with Crippen molar-refractivity contribution in [2.24, 2.45) is 0 Å². The molecule has 1 fully saturated rings. The fraction of sp³-hybridized carbons (Fsp3) is 0.286. The summed E-state index contributed by atoms with van der Waals surface area (Å²) in [7, 11) is 1.61. The van der Waals surface area contributed by atoms with E-state index in [9.17, 15) is 10.1 Å². The van der Waals surface area contributed by atoms with E-state index in [1.165, 1.54) is 0 Å². The first-order valence-electron chi connectivity index (χ1n) is 8.97. The topological polar surface area (TPSA) is 79.9 Å². The highest BCUT2D eigenvalue weighted by Crippen LogP contribution is 2.26. The molecule has 6 nitrogen and oxygen atoms in total. The van der Waals surface area contributed by atoms with Crippen LogP contribution in [0.4, 0.5) is 0 Å². The van der Waals surface area contributed by atoms with Crippen molar-refractivity contribution in [3.8, 4) is 17.5 Å². The summed E-state index contributed by atoms with van der Waals surface area (Å²) in [4.78, 5) is 18.3. The minimum Gasteiger partial charge on any atom is -0.497 e. The number of benzene rings is 2. The minimum atomic E-state index is -0.158. The van der Waals surface area contributed by atoms with Crippen LogP contribution >= 0.6 is 0 Å². The number of rotatable bonds is 3. The molecular formula is C21H20N4O2. The summed E-state index contributed by atoms with van der Waals surface area (Å²) < 4.78 is 6.89. The van der Waals surface area contributed by atoms with Crippen molar-refractivity contribution >= 4 is 10.9 Å². The van der Waals surface area contributed by atoms with Gasteiger partial charge in [0.1, 0.15) is 11.6 Å². The molecule has 4 rings (SSSR count). The van der Waals surface area contributed by atoms with Gasteiger partial charge in [-0.15, -0.1) is 0 Å². The second-order valence-corrected chi connectivity index (χ2v) is 6.76. The first kappa shape index (κ1) is 17.3. The van der Waals surface area contributed by atoms with Gasteiger partial charge in [0.15, 0.2) is 0 Å². The molecule has 0 saturated carbocycles. The van der Waals surface area contributed by atoms with Crippen LogP contribution in [0.1, 0.15) is 35.8 Å². The van der Waals surface area contributed by atoms with Crippen molar-refractivity contribution in [1.29, 1.82) is 5.26 Å². The second-order valence-electron chi connectivity index (χ2n) is 6.76. The summed E-state index contributed by atoms with van der Waals surface area (Å²) in [6, 6.07) is 12.9. The standard InChI is InChI=1S/C21H20N4O2/c1-13-10-14(12-22)11-17-19(13)24-20(18-4-3-9-23-18)25(21(17)26)15-5-7-16(27-2)8-6-15/h5-8,10-11,18,23H,3-4,9H2,1-2H3/t18-/m0/s1. The van der Waals surface area contributed by atoms with Crippen molar-refractivity contribution in [2.75, 3.05) is 13.7 Å². The Balaban J connectivity index is 2.04. The van der Waals surface area contributed by atoms with Gasteiger partial charge in [-0.05, 0) is 68.3 Å². The Hall–Kier alpha value is -3.17. The predicted octanol–water partition coefficient (Wildman–Crippen LogP) is 3.00. The van der Waals surface area contributed by atoms with Crippen LogP contribution in [0.3, 0.4) is 0 Å². The first-order chi connectivity index (χ1) is 13.1. The summed E-state index contributed by atoms with van der Waals surface area (Å²) in [6.07, 6.45) is 1.98. The van der Waals surface area contributed by atoms with Gasteiger partial charge in [0, 0.05) is 0 Å². The number of aryl methyl sites for hydroxylation is 1. The normalized spacial score (nSPS) is 16.4. The Morgan fingerprint density at radius 1 is 1.30 bits per heavy atom. The first-order valence-corrected chi connectivity index (χ1v) is 8.97. The van der Waals surface area contributed by atoms with Gasteiger partial charge in [0.25, 0.3) is 5.56 Å². The van der Waals surface area contributed by atoms with Crippen molar-refractivity contribution in [1.82, 2.24) is 14.9 Å². The van der Waals surface area contributed by atoms with E-state index in [1.54, 1.807) is 23.8 Å². The maximum atomic E-state index is 13.4. The summed E-state index contributed by atoms with van der Waals surface area (Å²) in [5.41, 5.74) is 2.54. The van der Waals surface area contributed by atoms with Gasteiger partial charge in [-0.3, -0.25) is 9.36 Å². The summed E-state index contributed by atoms with van der Waals surface area (Å²) in [5, 5.41) is 13.2. The number of nitrogens with one attached hydrogen (secondary N) is 1. The number of hydrogen-bond acceptors (Lipinski definition) is 5. The Labute approximate surface area is 157 Å². The minimum absolute atomic E-state index is 0.0271. The molecule has 1 aromatic heterocycles. The van der Waals surface area contributed by atoms with Crippen LogP contribution in [0.5, 0.6) is 5.75 Å². The highest BCUT2D eigenvalue weighted by atomic mass is 16.5. The summed E-state index contributed by atoms with van der Waals surface area (Å²) in [5.74, 6) is 1.44. The Morgan fingerprint density at radius 2 is 2.07 bits per heavy atom. The lowest BCUT2D eigenvalue weighted by Gasteiger charge is -2.19. The maximum absolute atomic E-state index is 13.4. The Morgan fingerprint density at radius 3 is 2.70 bits per heavy atom. The quantitative estimate of drug-likeness (QED) is 0.777. The summed E-state index contributed by atoms with van der Waals surface area (Å²) >= 11 is 0. The number of nitriles is 1. The molecule has 1 atom stereocenters. The highest BCUT2D eigenvalue weighted by Gasteiger charge is 2.24. The third-order valence-electron chi connectivity index (χ3n) is 5.02. The molecule has 1 aliphatic rings. The predicted molar refractivity (Wildman–Crippen MR) is 103 cm³/mol. The molecule has 0 spiro atoms. The molecular weight excluding hydrogens is 340 g/mol. The Bertz CT molecular complexity index is 1100. The van der Waals surface area contributed by atoms with E-state index in [2.05, 4.69) is 11.4 Å². The molecule has 1 saturated heterocycles. The van der Waals surface area contributed by atoms with Gasteiger partial charge in [-0.25, -0.2) is 4.98 Å². The monoisotopic (exact) mass is 360 g/mol. The average Bonchev–Trinajstić information content (AvgIpc) is 3.23. The van der Waals surface area contributed by atoms with E-state index >= 15 is 0 Å². The molecule has 0 bridgehead atoms. The molecule has 0 amide bonds. The van der Waals surface area contributed by atoms with Crippen molar-refractivity contribution < 1.29 is 4.74 Å². The Kier molecular flexibility index (Phi) is 4.38. The lowest BCUT2D eigenvalue weighted by Crippen LogP contribution is -2.29. The number of fused-ring (bicyclic) bond motifs is 1. The highest BCUT2D eigenvalue weighted by molar-refractivity contribution is 5.83. The molecule has 6 heteroatoms. The van der Waals surface area contributed by atoms with E-state index < -0.39 is 0 Å².